The first-order chi connectivity index (χ1) is 5.43. The summed E-state index contributed by atoms with van der Waals surface area (Å²) in [6.07, 6.45) is 1.10. The quantitative estimate of drug-likeness (QED) is 0.365. The van der Waals surface area contributed by atoms with Crippen molar-refractivity contribution in [2.45, 2.75) is 11.9 Å². The van der Waals surface area contributed by atoms with Crippen LogP contribution in [0.4, 0.5) is 0 Å². The lowest BCUT2D eigenvalue weighted by atomic mass is 10.00. The second kappa shape index (κ2) is 2.71. The van der Waals surface area contributed by atoms with Crippen molar-refractivity contribution >= 4 is 5.97 Å². The molecule has 0 aromatic carbocycles. The van der Waals surface area contributed by atoms with Crippen molar-refractivity contribution in [2.75, 3.05) is 0 Å². The van der Waals surface area contributed by atoms with E-state index in [9.17, 15) is 4.79 Å². The summed E-state index contributed by atoms with van der Waals surface area (Å²) in [5.41, 5.74) is -0.166. The molecule has 4 N–H and O–H groups in total. The van der Waals surface area contributed by atoms with E-state index in [-0.39, 0.29) is 5.57 Å². The molecule has 0 spiro atoms. The molecule has 0 fully saturated rings. The number of aliphatic hydroxyl groups is 3. The highest BCUT2D eigenvalue weighted by Crippen LogP contribution is 2.18. The van der Waals surface area contributed by atoms with Crippen LogP contribution in [0.15, 0.2) is 23.8 Å². The van der Waals surface area contributed by atoms with Gasteiger partial charge in [0, 0.05) is 0 Å². The molecule has 0 bridgehead atoms. The van der Waals surface area contributed by atoms with Crippen LogP contribution < -0.4 is 0 Å². The summed E-state index contributed by atoms with van der Waals surface area (Å²) in [7, 11) is 0. The van der Waals surface area contributed by atoms with Gasteiger partial charge < -0.3 is 20.4 Å². The van der Waals surface area contributed by atoms with Crippen LogP contribution in [0.25, 0.3) is 0 Å². The van der Waals surface area contributed by atoms with E-state index in [0.717, 1.165) is 18.2 Å². The Morgan fingerprint density at radius 3 is 2.50 bits per heavy atom. The Labute approximate surface area is 67.9 Å². The Hall–Kier alpha value is -1.17. The lowest BCUT2D eigenvalue weighted by molar-refractivity contribution is -0.174. The van der Waals surface area contributed by atoms with Gasteiger partial charge in [-0.2, -0.15) is 0 Å². The molecule has 0 saturated carbocycles. The van der Waals surface area contributed by atoms with Crippen LogP contribution in [0.5, 0.6) is 0 Å². The second-order valence-corrected chi connectivity index (χ2v) is 2.49. The molecular weight excluding hydrogens is 164 g/mol. The van der Waals surface area contributed by atoms with Crippen LogP contribution in [-0.2, 0) is 4.79 Å². The van der Waals surface area contributed by atoms with E-state index >= 15 is 0 Å². The normalized spacial score (nSPS) is 26.6. The molecule has 0 aromatic rings. The van der Waals surface area contributed by atoms with Crippen LogP contribution in [0.2, 0.25) is 0 Å². The van der Waals surface area contributed by atoms with Crippen molar-refractivity contribution in [1.82, 2.24) is 0 Å². The van der Waals surface area contributed by atoms with Crippen molar-refractivity contribution in [3.05, 3.63) is 23.8 Å². The number of carboxylic acid groups (broad SMARTS) is 1. The third-order valence-electron chi connectivity index (χ3n) is 1.53. The number of hydrogen-bond acceptors (Lipinski definition) is 4. The number of carbonyl (C=O) groups is 1. The van der Waals surface area contributed by atoms with E-state index in [1.54, 1.807) is 0 Å². The molecule has 1 aliphatic rings. The first-order valence-corrected chi connectivity index (χ1v) is 3.20. The Bertz CT molecular complexity index is 263. The average molecular weight is 172 g/mol. The molecule has 66 valence electrons. The minimum Gasteiger partial charge on any atom is -0.478 e. The molecule has 5 heteroatoms. The zero-order valence-electron chi connectivity index (χ0n) is 6.01. The van der Waals surface area contributed by atoms with Gasteiger partial charge in [0.05, 0.1) is 5.57 Å². The molecule has 1 aliphatic carbocycles. The summed E-state index contributed by atoms with van der Waals surface area (Å²) in [4.78, 5) is 10.3. The molecule has 1 unspecified atom stereocenters. The topological polar surface area (TPSA) is 98.0 Å². The van der Waals surface area contributed by atoms with Crippen LogP contribution in [0.1, 0.15) is 0 Å². The smallest absolute Gasteiger partial charge is 0.335 e. The van der Waals surface area contributed by atoms with Gasteiger partial charge in [-0.1, -0.05) is 0 Å². The Kier molecular flexibility index (Phi) is 2.01. The van der Waals surface area contributed by atoms with E-state index in [1.165, 1.54) is 0 Å². The number of aliphatic carboxylic acids is 1. The van der Waals surface area contributed by atoms with E-state index in [0.29, 0.717) is 0 Å². The second-order valence-electron chi connectivity index (χ2n) is 2.49. The number of hydrogen-bond donors (Lipinski definition) is 4. The minimum atomic E-state index is -2.36. The zero-order valence-corrected chi connectivity index (χ0v) is 6.01. The maximum atomic E-state index is 10.3. The summed E-state index contributed by atoms with van der Waals surface area (Å²) < 4.78 is 0. The first kappa shape index (κ1) is 8.92. The summed E-state index contributed by atoms with van der Waals surface area (Å²) in [6.45, 7) is 0. The van der Waals surface area contributed by atoms with E-state index in [2.05, 4.69) is 0 Å². The van der Waals surface area contributed by atoms with Crippen molar-refractivity contribution in [2.24, 2.45) is 0 Å². The van der Waals surface area contributed by atoms with Crippen molar-refractivity contribution < 1.29 is 25.2 Å². The third kappa shape index (κ3) is 1.53. The molecule has 12 heavy (non-hydrogen) atoms. The summed E-state index contributed by atoms with van der Waals surface area (Å²) in [6, 6.07) is 0. The maximum absolute atomic E-state index is 10.3. The third-order valence-corrected chi connectivity index (χ3v) is 1.53. The monoisotopic (exact) mass is 172 g/mol. The fourth-order valence-electron chi connectivity index (χ4n) is 0.802. The fraction of sp³-hybridized carbons (Fsp3) is 0.286. The Balaban J connectivity index is 2.91. The molecule has 0 aromatic heterocycles. The highest BCUT2D eigenvalue weighted by atomic mass is 16.5. The molecule has 0 saturated heterocycles. The number of carboxylic acids is 1. The van der Waals surface area contributed by atoms with Gasteiger partial charge in [-0.05, 0) is 18.2 Å². The van der Waals surface area contributed by atoms with E-state index in [1.807, 2.05) is 0 Å². The average Bonchev–Trinajstić information content (AvgIpc) is 1.94. The molecule has 0 amide bonds. The summed E-state index contributed by atoms with van der Waals surface area (Å²) >= 11 is 0. The molecule has 1 atom stereocenters. The fourth-order valence-corrected chi connectivity index (χ4v) is 0.802. The van der Waals surface area contributed by atoms with Gasteiger partial charge in [0.25, 0.3) is 0 Å². The van der Waals surface area contributed by atoms with Gasteiger partial charge >= 0.3 is 5.97 Å². The van der Waals surface area contributed by atoms with E-state index < -0.39 is 17.9 Å². The van der Waals surface area contributed by atoms with Crippen molar-refractivity contribution in [1.29, 1.82) is 0 Å². The summed E-state index contributed by atoms with van der Waals surface area (Å²) in [5.74, 6) is -3.58. The molecular formula is C7H8O5. The van der Waals surface area contributed by atoms with Crippen LogP contribution in [0, 0.1) is 0 Å². The molecule has 0 heterocycles. The van der Waals surface area contributed by atoms with Gasteiger partial charge in [-0.15, -0.1) is 0 Å². The van der Waals surface area contributed by atoms with Crippen molar-refractivity contribution in [3.8, 4) is 0 Å². The van der Waals surface area contributed by atoms with Crippen molar-refractivity contribution in [3.63, 3.8) is 0 Å². The Morgan fingerprint density at radius 1 is 1.50 bits per heavy atom. The maximum Gasteiger partial charge on any atom is 0.335 e. The van der Waals surface area contributed by atoms with Gasteiger partial charge in [0.1, 0.15) is 6.10 Å². The molecule has 0 aliphatic heterocycles. The Morgan fingerprint density at radius 2 is 2.08 bits per heavy atom. The lowest BCUT2D eigenvalue weighted by Crippen LogP contribution is -2.41. The summed E-state index contributed by atoms with van der Waals surface area (Å²) in [5, 5.41) is 35.2. The molecule has 1 rings (SSSR count). The highest BCUT2D eigenvalue weighted by molar-refractivity contribution is 5.90. The van der Waals surface area contributed by atoms with Gasteiger partial charge in [-0.3, -0.25) is 0 Å². The molecule has 5 nitrogen and oxygen atoms in total. The largest absolute Gasteiger partial charge is 0.478 e. The van der Waals surface area contributed by atoms with Crippen LogP contribution in [-0.4, -0.2) is 38.3 Å². The SMILES string of the molecule is O=C(O)C1=CC(O)C(O)(O)C=C1. The van der Waals surface area contributed by atoms with Gasteiger partial charge in [-0.25, -0.2) is 4.79 Å². The molecule has 0 radical (unpaired) electrons. The standard InChI is InChI=1S/C7H8O5/c8-5-3-4(6(9)10)1-2-7(5,11)12/h1-3,5,8,11-12H,(H,9,10). The van der Waals surface area contributed by atoms with Crippen LogP contribution in [0.3, 0.4) is 0 Å². The number of aliphatic hydroxyl groups excluding tert-OH is 1. The minimum absolute atomic E-state index is 0.166. The zero-order chi connectivity index (χ0) is 9.35. The van der Waals surface area contributed by atoms with Crippen LogP contribution >= 0.6 is 0 Å². The first-order valence-electron chi connectivity index (χ1n) is 3.20. The van der Waals surface area contributed by atoms with E-state index in [4.69, 9.17) is 20.4 Å². The lowest BCUT2D eigenvalue weighted by Gasteiger charge is -2.24. The predicted octanol–water partition coefficient (Wildman–Crippen LogP) is -1.39. The highest BCUT2D eigenvalue weighted by Gasteiger charge is 2.32. The van der Waals surface area contributed by atoms with Gasteiger partial charge in [0.15, 0.2) is 0 Å². The number of rotatable bonds is 1. The predicted molar refractivity (Wildman–Crippen MR) is 38.0 cm³/mol. The van der Waals surface area contributed by atoms with Gasteiger partial charge in [0.2, 0.25) is 5.79 Å².